The molecule has 1 saturated carbocycles. The summed E-state index contributed by atoms with van der Waals surface area (Å²) in [6.45, 7) is 6.22. The van der Waals surface area contributed by atoms with Crippen molar-refractivity contribution in [1.29, 1.82) is 0 Å². The third-order valence-corrected chi connectivity index (χ3v) is 4.19. The second-order valence-electron chi connectivity index (χ2n) is 6.19. The molecule has 0 radical (unpaired) electrons. The number of carbonyl (C=O) groups excluding carboxylic acids is 1. The SMILES string of the molecule is COC(=O)[C@@H](NC1CC(c2cccc(C)c2)C1)C(C)C. The molecule has 20 heavy (non-hydrogen) atoms. The van der Waals surface area contributed by atoms with Crippen LogP contribution in [-0.4, -0.2) is 25.2 Å². The first-order valence-electron chi connectivity index (χ1n) is 7.41. The average molecular weight is 275 g/mol. The lowest BCUT2D eigenvalue weighted by Gasteiger charge is -2.39. The van der Waals surface area contributed by atoms with Gasteiger partial charge in [-0.15, -0.1) is 0 Å². The van der Waals surface area contributed by atoms with Crippen LogP contribution < -0.4 is 5.32 Å². The fourth-order valence-electron chi connectivity index (χ4n) is 2.86. The highest BCUT2D eigenvalue weighted by Crippen LogP contribution is 2.37. The highest BCUT2D eigenvalue weighted by molar-refractivity contribution is 5.76. The number of carbonyl (C=O) groups is 1. The zero-order valence-corrected chi connectivity index (χ0v) is 12.8. The summed E-state index contributed by atoms with van der Waals surface area (Å²) in [5.74, 6) is 0.720. The van der Waals surface area contributed by atoms with E-state index in [1.165, 1.54) is 18.2 Å². The predicted octanol–water partition coefficient (Wildman–Crippen LogP) is 3.03. The molecule has 0 aromatic heterocycles. The van der Waals surface area contributed by atoms with Crippen molar-refractivity contribution in [2.45, 2.75) is 51.6 Å². The highest BCUT2D eigenvalue weighted by Gasteiger charge is 2.34. The second kappa shape index (κ2) is 6.40. The van der Waals surface area contributed by atoms with E-state index in [1.807, 2.05) is 13.8 Å². The first-order chi connectivity index (χ1) is 9.51. The quantitative estimate of drug-likeness (QED) is 0.839. The van der Waals surface area contributed by atoms with Crippen molar-refractivity contribution in [3.05, 3.63) is 35.4 Å². The molecule has 1 aliphatic rings. The van der Waals surface area contributed by atoms with Crippen LogP contribution in [0.3, 0.4) is 0 Å². The number of hydrogen-bond donors (Lipinski definition) is 1. The lowest BCUT2D eigenvalue weighted by Crippen LogP contribution is -2.51. The minimum Gasteiger partial charge on any atom is -0.468 e. The molecular formula is C17H25NO2. The molecular weight excluding hydrogens is 250 g/mol. The summed E-state index contributed by atoms with van der Waals surface area (Å²) in [6, 6.07) is 8.95. The van der Waals surface area contributed by atoms with E-state index in [1.54, 1.807) is 0 Å². The van der Waals surface area contributed by atoms with Crippen molar-refractivity contribution >= 4 is 5.97 Å². The zero-order chi connectivity index (χ0) is 14.7. The van der Waals surface area contributed by atoms with Gasteiger partial charge >= 0.3 is 5.97 Å². The molecule has 2 rings (SSSR count). The molecule has 1 aromatic carbocycles. The molecule has 0 spiro atoms. The number of esters is 1. The Kier molecular flexibility index (Phi) is 4.81. The van der Waals surface area contributed by atoms with E-state index in [0.29, 0.717) is 12.0 Å². The van der Waals surface area contributed by atoms with Crippen LogP contribution in [0.15, 0.2) is 24.3 Å². The molecule has 0 unspecified atom stereocenters. The van der Waals surface area contributed by atoms with E-state index in [2.05, 4.69) is 36.5 Å². The molecule has 1 aromatic rings. The van der Waals surface area contributed by atoms with Crippen LogP contribution in [-0.2, 0) is 9.53 Å². The summed E-state index contributed by atoms with van der Waals surface area (Å²) < 4.78 is 4.87. The number of rotatable bonds is 5. The lowest BCUT2D eigenvalue weighted by atomic mass is 9.75. The van der Waals surface area contributed by atoms with Gasteiger partial charge in [0.1, 0.15) is 6.04 Å². The van der Waals surface area contributed by atoms with E-state index in [0.717, 1.165) is 12.8 Å². The second-order valence-corrected chi connectivity index (χ2v) is 6.19. The monoisotopic (exact) mass is 275 g/mol. The molecule has 0 bridgehead atoms. The van der Waals surface area contributed by atoms with Crippen molar-refractivity contribution in [3.63, 3.8) is 0 Å². The maximum absolute atomic E-state index is 11.7. The Morgan fingerprint density at radius 3 is 2.60 bits per heavy atom. The summed E-state index contributed by atoms with van der Waals surface area (Å²) in [7, 11) is 1.45. The van der Waals surface area contributed by atoms with Gasteiger partial charge in [-0.2, -0.15) is 0 Å². The molecule has 1 fully saturated rings. The standard InChI is InChI=1S/C17H25NO2/c1-11(2)16(17(19)20-4)18-15-9-14(10-15)13-7-5-6-12(3)8-13/h5-8,11,14-16,18H,9-10H2,1-4H3/t14?,15?,16-/m0/s1. The van der Waals surface area contributed by atoms with Gasteiger partial charge in [-0.05, 0) is 37.2 Å². The smallest absolute Gasteiger partial charge is 0.323 e. The van der Waals surface area contributed by atoms with E-state index < -0.39 is 0 Å². The van der Waals surface area contributed by atoms with Crippen molar-refractivity contribution in [2.75, 3.05) is 7.11 Å². The molecule has 3 nitrogen and oxygen atoms in total. The Hall–Kier alpha value is -1.35. The zero-order valence-electron chi connectivity index (χ0n) is 12.8. The number of nitrogens with one attached hydrogen (secondary N) is 1. The lowest BCUT2D eigenvalue weighted by molar-refractivity contribution is -0.144. The molecule has 3 heteroatoms. The first kappa shape index (κ1) is 15.0. The van der Waals surface area contributed by atoms with Gasteiger partial charge in [-0.3, -0.25) is 4.79 Å². The van der Waals surface area contributed by atoms with E-state index in [9.17, 15) is 4.79 Å². The first-order valence-corrected chi connectivity index (χ1v) is 7.41. The predicted molar refractivity (Wildman–Crippen MR) is 80.7 cm³/mol. The summed E-state index contributed by atoms with van der Waals surface area (Å²) >= 11 is 0. The van der Waals surface area contributed by atoms with E-state index >= 15 is 0 Å². The summed E-state index contributed by atoms with van der Waals surface area (Å²) in [6.07, 6.45) is 2.20. The molecule has 110 valence electrons. The molecule has 1 N–H and O–H groups in total. The minimum atomic E-state index is -0.191. The van der Waals surface area contributed by atoms with E-state index in [4.69, 9.17) is 4.74 Å². The largest absolute Gasteiger partial charge is 0.468 e. The van der Waals surface area contributed by atoms with Gasteiger partial charge in [0.2, 0.25) is 0 Å². The summed E-state index contributed by atoms with van der Waals surface area (Å²) in [5, 5.41) is 3.44. The van der Waals surface area contributed by atoms with Crippen LogP contribution >= 0.6 is 0 Å². The van der Waals surface area contributed by atoms with Crippen LogP contribution in [0.2, 0.25) is 0 Å². The third-order valence-electron chi connectivity index (χ3n) is 4.19. The molecule has 0 heterocycles. The van der Waals surface area contributed by atoms with Gasteiger partial charge in [0.15, 0.2) is 0 Å². The Bertz CT molecular complexity index is 464. The summed E-state index contributed by atoms with van der Waals surface area (Å²) in [4.78, 5) is 11.7. The molecule has 1 aliphatic carbocycles. The van der Waals surface area contributed by atoms with Crippen molar-refractivity contribution in [3.8, 4) is 0 Å². The Morgan fingerprint density at radius 1 is 1.35 bits per heavy atom. The molecule has 1 atom stereocenters. The number of hydrogen-bond acceptors (Lipinski definition) is 3. The Morgan fingerprint density at radius 2 is 2.05 bits per heavy atom. The van der Waals surface area contributed by atoms with Gasteiger partial charge in [0, 0.05) is 6.04 Å². The average Bonchev–Trinajstić information content (AvgIpc) is 2.36. The van der Waals surface area contributed by atoms with Crippen molar-refractivity contribution in [2.24, 2.45) is 5.92 Å². The maximum Gasteiger partial charge on any atom is 0.323 e. The van der Waals surface area contributed by atoms with Crippen LogP contribution in [0, 0.1) is 12.8 Å². The maximum atomic E-state index is 11.7. The van der Waals surface area contributed by atoms with Gasteiger partial charge in [0.05, 0.1) is 7.11 Å². The number of benzene rings is 1. The van der Waals surface area contributed by atoms with Gasteiger partial charge in [-0.1, -0.05) is 43.7 Å². The van der Waals surface area contributed by atoms with Crippen LogP contribution in [0.5, 0.6) is 0 Å². The van der Waals surface area contributed by atoms with Gasteiger partial charge < -0.3 is 10.1 Å². The molecule has 0 aliphatic heterocycles. The normalized spacial score (nSPS) is 23.2. The minimum absolute atomic E-state index is 0.154. The van der Waals surface area contributed by atoms with Crippen LogP contribution in [0.25, 0.3) is 0 Å². The van der Waals surface area contributed by atoms with Crippen LogP contribution in [0.1, 0.15) is 43.7 Å². The molecule has 0 amide bonds. The summed E-state index contributed by atoms with van der Waals surface area (Å²) in [5.41, 5.74) is 2.73. The fourth-order valence-corrected chi connectivity index (χ4v) is 2.86. The highest BCUT2D eigenvalue weighted by atomic mass is 16.5. The van der Waals surface area contributed by atoms with Crippen molar-refractivity contribution in [1.82, 2.24) is 5.32 Å². The van der Waals surface area contributed by atoms with Gasteiger partial charge in [0.25, 0.3) is 0 Å². The fraction of sp³-hybridized carbons (Fsp3) is 0.588. The van der Waals surface area contributed by atoms with Crippen molar-refractivity contribution < 1.29 is 9.53 Å². The molecule has 0 saturated heterocycles. The van der Waals surface area contributed by atoms with Crippen LogP contribution in [0.4, 0.5) is 0 Å². The van der Waals surface area contributed by atoms with Gasteiger partial charge in [-0.25, -0.2) is 0 Å². The number of aryl methyl sites for hydroxylation is 1. The van der Waals surface area contributed by atoms with E-state index in [-0.39, 0.29) is 17.9 Å². The third kappa shape index (κ3) is 3.40. The Labute approximate surface area is 121 Å². The number of ether oxygens (including phenoxy) is 1. The topological polar surface area (TPSA) is 38.3 Å². The Balaban J connectivity index is 1.88. The number of methoxy groups -OCH3 is 1.